The highest BCUT2D eigenvalue weighted by Crippen LogP contribution is 2.06. The molecule has 1 aliphatic rings. The van der Waals surface area contributed by atoms with Crippen molar-refractivity contribution in [2.24, 2.45) is 0 Å². The van der Waals surface area contributed by atoms with Crippen molar-refractivity contribution in [1.82, 2.24) is 9.80 Å². The minimum Gasteiger partial charge on any atom is -0.362 e. The molecule has 1 heterocycles. The Morgan fingerprint density at radius 2 is 1.42 bits per heavy atom. The number of unbranched alkanes of at least 4 members (excludes halogenated alkanes) is 3. The second-order valence-electron chi connectivity index (χ2n) is 4.30. The number of hydrogen-bond donors (Lipinski definition) is 1. The fourth-order valence-corrected chi connectivity index (χ4v) is 1.48. The van der Waals surface area contributed by atoms with E-state index in [1.165, 1.54) is 32.2 Å². The largest absolute Gasteiger partial charge is 0.379 e. The molecule has 5 nitrogen and oxygen atoms in total. The van der Waals surface area contributed by atoms with Crippen molar-refractivity contribution >= 4 is 10.5 Å². The molecule has 0 bridgehead atoms. The smallest absolute Gasteiger partial charge is 0.362 e. The molecule has 1 rings (SSSR count). The maximum absolute atomic E-state index is 9.67. The molecule has 0 atom stereocenters. The average molecular weight is 387 g/mol. The van der Waals surface area contributed by atoms with Crippen LogP contribution in [0.15, 0.2) is 12.4 Å². The van der Waals surface area contributed by atoms with Gasteiger partial charge in [0.1, 0.15) is 0 Å². The predicted octanol–water partition coefficient (Wildman–Crippen LogP) is 4.23. The monoisotopic (exact) mass is 387 g/mol. The summed E-state index contributed by atoms with van der Waals surface area (Å²) in [5.41, 5.74) is 0. The van der Waals surface area contributed by atoms with Gasteiger partial charge in [0.05, 0.1) is 6.67 Å². The van der Waals surface area contributed by atoms with Gasteiger partial charge in [-0.25, -0.2) is 0 Å². The summed E-state index contributed by atoms with van der Waals surface area (Å²) in [6.45, 7) is -2.78. The number of rotatable bonds is 5. The third-order valence-corrected chi connectivity index (χ3v) is 2.24. The second kappa shape index (κ2) is 19.6. The van der Waals surface area contributed by atoms with Crippen molar-refractivity contribution in [1.29, 1.82) is 4.78 Å². The molecule has 0 spiro atoms. The number of nitrogens with one attached hydrogen (secondary N) is 1. The van der Waals surface area contributed by atoms with Gasteiger partial charge in [0, 0.05) is 26.0 Å². The van der Waals surface area contributed by atoms with Gasteiger partial charge in [-0.15, -0.1) is 0 Å². The van der Waals surface area contributed by atoms with E-state index in [0.717, 1.165) is 6.67 Å². The zero-order chi connectivity index (χ0) is 19.5. The summed E-state index contributed by atoms with van der Waals surface area (Å²) in [5.74, 6) is 0. The Morgan fingerprint density at radius 3 is 1.71 bits per heavy atom. The van der Waals surface area contributed by atoms with Crippen LogP contribution >= 0.6 is 0 Å². The molecule has 0 amide bonds. The van der Waals surface area contributed by atoms with E-state index in [9.17, 15) is 26.3 Å². The average Bonchev–Trinajstić information content (AvgIpc) is 2.78. The number of hydrogen-bond acceptors (Lipinski definition) is 5. The van der Waals surface area contributed by atoms with Crippen molar-refractivity contribution in [2.75, 3.05) is 20.3 Å². The first-order valence-electron chi connectivity index (χ1n) is 6.80. The van der Waals surface area contributed by atoms with Crippen LogP contribution in [0, 0.1) is 4.78 Å². The standard InChI is InChI=1S/C10H20N2.2CHF3.HNO2S/c1-3-4-5-6-7-12-9-8-11(2)10-12;2*2-1(3)4;1-4(2)3/h8-9H,3-7,10H2,1-2H3;3*1H. The first kappa shape index (κ1) is 27.4. The van der Waals surface area contributed by atoms with Gasteiger partial charge in [-0.3, -0.25) is 0 Å². The lowest BCUT2D eigenvalue weighted by atomic mass is 10.2. The first-order valence-corrected chi connectivity index (χ1v) is 7.87. The quantitative estimate of drug-likeness (QED) is 0.566. The van der Waals surface area contributed by atoms with Crippen molar-refractivity contribution in [3.8, 4) is 0 Å². The zero-order valence-corrected chi connectivity index (χ0v) is 14.3. The van der Waals surface area contributed by atoms with Crippen LogP contribution in [0.4, 0.5) is 26.3 Å². The van der Waals surface area contributed by atoms with E-state index >= 15 is 0 Å². The van der Waals surface area contributed by atoms with Crippen molar-refractivity contribution in [2.45, 2.75) is 46.0 Å². The molecule has 0 aromatic carbocycles. The molecule has 1 N–H and O–H groups in total. The fraction of sp³-hybridized carbons (Fsp3) is 0.833. The molecule has 0 aromatic rings. The van der Waals surface area contributed by atoms with E-state index in [4.69, 9.17) is 13.2 Å². The van der Waals surface area contributed by atoms with Crippen molar-refractivity contribution in [3.05, 3.63) is 12.4 Å². The molecular formula is C12H23F6N3O2S. The van der Waals surface area contributed by atoms with Crippen LogP contribution in [-0.4, -0.2) is 51.8 Å². The van der Waals surface area contributed by atoms with Gasteiger partial charge < -0.3 is 9.80 Å². The molecule has 0 radical (unpaired) electrons. The molecule has 12 heteroatoms. The first-order chi connectivity index (χ1) is 11.0. The molecule has 0 aliphatic carbocycles. The second-order valence-corrected chi connectivity index (χ2v) is 4.77. The summed E-state index contributed by atoms with van der Waals surface area (Å²) in [7, 11) is -0.497. The van der Waals surface area contributed by atoms with Crippen LogP contribution in [0.5, 0.6) is 0 Å². The zero-order valence-electron chi connectivity index (χ0n) is 13.4. The minimum absolute atomic E-state index is 1.08. The highest BCUT2D eigenvalue weighted by atomic mass is 32.2. The topological polar surface area (TPSA) is 64.5 Å². The molecule has 0 unspecified atom stereocenters. The highest BCUT2D eigenvalue weighted by molar-refractivity contribution is 7.60. The Balaban J connectivity index is -0.000000304. The summed E-state index contributed by atoms with van der Waals surface area (Å²) in [6.07, 6.45) is 9.76. The summed E-state index contributed by atoms with van der Waals surface area (Å²) >= 11 is 0. The van der Waals surface area contributed by atoms with Crippen LogP contribution in [0.3, 0.4) is 0 Å². The van der Waals surface area contributed by atoms with E-state index in [-0.39, 0.29) is 0 Å². The van der Waals surface area contributed by atoms with Gasteiger partial charge in [-0.05, 0) is 6.42 Å². The van der Waals surface area contributed by atoms with E-state index in [1.807, 2.05) is 0 Å². The molecule has 0 aromatic heterocycles. The normalized spacial score (nSPS) is 12.1. The van der Waals surface area contributed by atoms with Gasteiger partial charge in [0.25, 0.3) is 0 Å². The van der Waals surface area contributed by atoms with Gasteiger partial charge in [-0.1, -0.05) is 26.2 Å². The van der Waals surface area contributed by atoms with Crippen LogP contribution in [-0.2, 0) is 10.5 Å². The number of alkyl halides is 6. The highest BCUT2D eigenvalue weighted by Gasteiger charge is 2.06. The van der Waals surface area contributed by atoms with Gasteiger partial charge >= 0.3 is 23.9 Å². The molecule has 0 saturated carbocycles. The van der Waals surface area contributed by atoms with Crippen LogP contribution in [0.25, 0.3) is 0 Å². The Labute approximate surface area is 139 Å². The summed E-state index contributed by atoms with van der Waals surface area (Å²) < 4.78 is 80.8. The Bertz CT molecular complexity index is 376. The van der Waals surface area contributed by atoms with Crippen LogP contribution in [0.1, 0.15) is 32.6 Å². The van der Waals surface area contributed by atoms with E-state index < -0.39 is 23.9 Å². The van der Waals surface area contributed by atoms with E-state index in [0.29, 0.717) is 0 Å². The van der Waals surface area contributed by atoms with Crippen molar-refractivity contribution < 1.29 is 34.8 Å². The SMILES string of the molecule is CCCCCCN1C=CN(C)C1.FC(F)F.FC(F)F.N=S(=O)=O. The molecule has 24 heavy (non-hydrogen) atoms. The Hall–Kier alpha value is -1.46. The molecule has 1 aliphatic heterocycles. The summed E-state index contributed by atoms with van der Waals surface area (Å²) in [4.78, 5) is 4.58. The van der Waals surface area contributed by atoms with E-state index in [2.05, 4.69) is 36.2 Å². The lowest BCUT2D eigenvalue weighted by Gasteiger charge is -2.17. The molecule has 0 saturated heterocycles. The lowest BCUT2D eigenvalue weighted by Crippen LogP contribution is -2.23. The molecular weight excluding hydrogens is 364 g/mol. The number of halogens is 6. The van der Waals surface area contributed by atoms with Gasteiger partial charge in [-0.2, -0.15) is 39.5 Å². The predicted molar refractivity (Wildman–Crippen MR) is 78.5 cm³/mol. The maximum Gasteiger partial charge on any atom is 0.379 e. The van der Waals surface area contributed by atoms with Crippen LogP contribution in [0.2, 0.25) is 0 Å². The third-order valence-electron chi connectivity index (χ3n) is 2.24. The fourth-order valence-electron chi connectivity index (χ4n) is 1.48. The van der Waals surface area contributed by atoms with E-state index in [1.54, 1.807) is 0 Å². The van der Waals surface area contributed by atoms with Gasteiger partial charge in [0.15, 0.2) is 0 Å². The lowest BCUT2D eigenvalue weighted by molar-refractivity contribution is 0.00734. The summed E-state index contributed by atoms with van der Waals surface area (Å²) in [5, 5.41) is 0. The third kappa shape index (κ3) is 42.8. The Morgan fingerprint density at radius 1 is 1.00 bits per heavy atom. The molecule has 146 valence electrons. The van der Waals surface area contributed by atoms with Crippen molar-refractivity contribution in [3.63, 3.8) is 0 Å². The Kier molecular flexibility index (Phi) is 22.4. The minimum atomic E-state index is -3.67. The molecule has 0 fully saturated rings. The van der Waals surface area contributed by atoms with Gasteiger partial charge in [0.2, 0.25) is 0 Å². The van der Waals surface area contributed by atoms with Crippen LogP contribution < -0.4 is 0 Å². The summed E-state index contributed by atoms with van der Waals surface area (Å²) in [6, 6.07) is 0. The number of nitrogens with zero attached hydrogens (tertiary/aromatic N) is 2. The maximum atomic E-state index is 9.67.